The Morgan fingerprint density at radius 2 is 1.86 bits per heavy atom. The summed E-state index contributed by atoms with van der Waals surface area (Å²) in [6.07, 6.45) is 8.23. The van der Waals surface area contributed by atoms with Crippen molar-refractivity contribution in [3.63, 3.8) is 0 Å². The molecule has 1 saturated heterocycles. The summed E-state index contributed by atoms with van der Waals surface area (Å²) in [7, 11) is 6.00. The Morgan fingerprint density at radius 3 is 2.50 bits per heavy atom. The Morgan fingerprint density at radius 1 is 1.18 bits per heavy atom. The third-order valence-corrected chi connectivity index (χ3v) is 5.20. The molecule has 0 aromatic heterocycles. The Balaban J connectivity index is 1.72. The minimum absolute atomic E-state index is 0.111. The maximum atomic E-state index is 12.5. The second-order valence-electron chi connectivity index (χ2n) is 7.14. The van der Waals surface area contributed by atoms with Gasteiger partial charge in [-0.25, -0.2) is 4.79 Å². The molecule has 1 aliphatic heterocycles. The van der Waals surface area contributed by atoms with Gasteiger partial charge in [0, 0.05) is 20.2 Å². The summed E-state index contributed by atoms with van der Waals surface area (Å²) in [5.74, 6) is 0.771. The molecule has 128 valence electrons. The summed E-state index contributed by atoms with van der Waals surface area (Å²) < 4.78 is 5.53. The van der Waals surface area contributed by atoms with E-state index >= 15 is 0 Å². The number of carbonyl (C=O) groups is 1. The number of hydrogen-bond donors (Lipinski definition) is 1. The molecule has 2 rings (SSSR count). The van der Waals surface area contributed by atoms with E-state index in [-0.39, 0.29) is 18.2 Å². The molecule has 0 aromatic carbocycles. The highest BCUT2D eigenvalue weighted by Gasteiger charge is 2.29. The molecule has 1 heterocycles. The molecular formula is C17H33N3O2. The van der Waals surface area contributed by atoms with Gasteiger partial charge in [0.25, 0.3) is 0 Å². The molecular weight excluding hydrogens is 278 g/mol. The highest BCUT2D eigenvalue weighted by atomic mass is 16.5. The van der Waals surface area contributed by atoms with E-state index in [1.807, 2.05) is 4.90 Å². The zero-order chi connectivity index (χ0) is 15.9. The molecule has 0 unspecified atom stereocenters. The minimum Gasteiger partial charge on any atom is -0.379 e. The minimum atomic E-state index is 0.111. The summed E-state index contributed by atoms with van der Waals surface area (Å²) >= 11 is 0. The standard InChI is InChI=1S/C17H33N3O2/c1-19(2)11-8-14-9-12-20(13-10-14)17(21)18-15-6-4-5-7-16(15)22-3/h14-16H,4-13H2,1-3H3,(H,18,21)/t15-,16-/m1/s1. The lowest BCUT2D eigenvalue weighted by atomic mass is 9.92. The summed E-state index contributed by atoms with van der Waals surface area (Å²) in [6, 6.07) is 0.303. The summed E-state index contributed by atoms with van der Waals surface area (Å²) in [6.45, 7) is 2.94. The highest BCUT2D eigenvalue weighted by Crippen LogP contribution is 2.23. The van der Waals surface area contributed by atoms with Gasteiger partial charge in [-0.05, 0) is 58.7 Å². The number of ether oxygens (including phenoxy) is 1. The van der Waals surface area contributed by atoms with Crippen molar-refractivity contribution in [2.45, 2.75) is 57.1 Å². The fourth-order valence-electron chi connectivity index (χ4n) is 3.66. The van der Waals surface area contributed by atoms with Crippen LogP contribution in [0.3, 0.4) is 0 Å². The number of nitrogens with one attached hydrogen (secondary N) is 1. The molecule has 1 aliphatic carbocycles. The van der Waals surface area contributed by atoms with E-state index in [0.717, 1.165) is 51.2 Å². The van der Waals surface area contributed by atoms with Crippen LogP contribution in [0.1, 0.15) is 44.9 Å². The zero-order valence-corrected chi connectivity index (χ0v) is 14.5. The van der Waals surface area contributed by atoms with Crippen molar-refractivity contribution in [2.24, 2.45) is 5.92 Å². The molecule has 2 aliphatic rings. The van der Waals surface area contributed by atoms with Gasteiger partial charge < -0.3 is 19.9 Å². The van der Waals surface area contributed by atoms with Gasteiger partial charge in [-0.2, -0.15) is 0 Å². The van der Waals surface area contributed by atoms with Crippen LogP contribution in [0.4, 0.5) is 4.79 Å². The van der Waals surface area contributed by atoms with E-state index in [1.165, 1.54) is 19.3 Å². The van der Waals surface area contributed by atoms with Crippen LogP contribution in [-0.4, -0.2) is 68.8 Å². The fourth-order valence-corrected chi connectivity index (χ4v) is 3.66. The SMILES string of the molecule is CO[C@@H]1CCCC[C@H]1NC(=O)N1CCC(CCN(C)C)CC1. The van der Waals surface area contributed by atoms with E-state index in [0.29, 0.717) is 0 Å². The van der Waals surface area contributed by atoms with Crippen LogP contribution in [0.25, 0.3) is 0 Å². The summed E-state index contributed by atoms with van der Waals surface area (Å²) in [4.78, 5) is 16.7. The van der Waals surface area contributed by atoms with Crippen LogP contribution in [0.5, 0.6) is 0 Å². The number of carbonyl (C=O) groups excluding carboxylic acids is 1. The topological polar surface area (TPSA) is 44.8 Å². The lowest BCUT2D eigenvalue weighted by Gasteiger charge is -2.36. The number of piperidine rings is 1. The first-order valence-electron chi connectivity index (χ1n) is 8.83. The van der Waals surface area contributed by atoms with Crippen molar-refractivity contribution < 1.29 is 9.53 Å². The van der Waals surface area contributed by atoms with Gasteiger partial charge in [0.15, 0.2) is 0 Å². The number of methoxy groups -OCH3 is 1. The first kappa shape index (κ1) is 17.5. The van der Waals surface area contributed by atoms with Crippen LogP contribution in [0.2, 0.25) is 0 Å². The molecule has 5 nitrogen and oxygen atoms in total. The van der Waals surface area contributed by atoms with Gasteiger partial charge in [-0.1, -0.05) is 12.8 Å². The van der Waals surface area contributed by atoms with Crippen molar-refractivity contribution in [3.05, 3.63) is 0 Å². The predicted octanol–water partition coefficient (Wildman–Crippen LogP) is 2.32. The molecule has 1 N–H and O–H groups in total. The van der Waals surface area contributed by atoms with E-state index < -0.39 is 0 Å². The van der Waals surface area contributed by atoms with Crippen molar-refractivity contribution >= 4 is 6.03 Å². The maximum absolute atomic E-state index is 12.5. The number of hydrogen-bond acceptors (Lipinski definition) is 3. The van der Waals surface area contributed by atoms with Gasteiger partial charge in [-0.15, -0.1) is 0 Å². The Labute approximate surface area is 135 Å². The van der Waals surface area contributed by atoms with E-state index in [9.17, 15) is 4.79 Å². The molecule has 0 bridgehead atoms. The number of amides is 2. The van der Waals surface area contributed by atoms with E-state index in [1.54, 1.807) is 7.11 Å². The van der Waals surface area contributed by atoms with E-state index in [2.05, 4.69) is 24.3 Å². The second-order valence-corrected chi connectivity index (χ2v) is 7.14. The molecule has 0 aromatic rings. The quantitative estimate of drug-likeness (QED) is 0.847. The van der Waals surface area contributed by atoms with Crippen molar-refractivity contribution in [1.29, 1.82) is 0 Å². The van der Waals surface area contributed by atoms with Crippen LogP contribution in [0.15, 0.2) is 0 Å². The third kappa shape index (κ3) is 5.13. The lowest BCUT2D eigenvalue weighted by Crippen LogP contribution is -2.52. The smallest absolute Gasteiger partial charge is 0.317 e. The number of nitrogens with zero attached hydrogens (tertiary/aromatic N) is 2. The Bertz CT molecular complexity index is 341. The summed E-state index contributed by atoms with van der Waals surface area (Å²) in [5, 5.41) is 3.21. The van der Waals surface area contributed by atoms with Crippen LogP contribution < -0.4 is 5.32 Å². The number of likely N-dealkylation sites (tertiary alicyclic amines) is 1. The van der Waals surface area contributed by atoms with Crippen LogP contribution >= 0.6 is 0 Å². The Hall–Kier alpha value is -0.810. The Kier molecular flexibility index (Phi) is 6.96. The van der Waals surface area contributed by atoms with Gasteiger partial charge in [0.2, 0.25) is 0 Å². The van der Waals surface area contributed by atoms with Crippen molar-refractivity contribution in [2.75, 3.05) is 40.8 Å². The van der Waals surface area contributed by atoms with Gasteiger partial charge >= 0.3 is 6.03 Å². The molecule has 2 atom stereocenters. The first-order valence-corrected chi connectivity index (χ1v) is 8.83. The molecule has 22 heavy (non-hydrogen) atoms. The van der Waals surface area contributed by atoms with Gasteiger partial charge in [0.05, 0.1) is 12.1 Å². The third-order valence-electron chi connectivity index (χ3n) is 5.20. The molecule has 0 radical (unpaired) electrons. The monoisotopic (exact) mass is 311 g/mol. The van der Waals surface area contributed by atoms with Crippen LogP contribution in [0, 0.1) is 5.92 Å². The van der Waals surface area contributed by atoms with Crippen molar-refractivity contribution in [1.82, 2.24) is 15.1 Å². The molecule has 2 amide bonds. The maximum Gasteiger partial charge on any atom is 0.317 e. The predicted molar refractivity (Wildman–Crippen MR) is 89.1 cm³/mol. The van der Waals surface area contributed by atoms with Crippen LogP contribution in [-0.2, 0) is 4.74 Å². The van der Waals surface area contributed by atoms with Gasteiger partial charge in [-0.3, -0.25) is 0 Å². The number of rotatable bonds is 5. The second kappa shape index (κ2) is 8.73. The number of urea groups is 1. The average molecular weight is 311 g/mol. The van der Waals surface area contributed by atoms with Gasteiger partial charge in [0.1, 0.15) is 0 Å². The highest BCUT2D eigenvalue weighted by molar-refractivity contribution is 5.74. The zero-order valence-electron chi connectivity index (χ0n) is 14.5. The van der Waals surface area contributed by atoms with Crippen molar-refractivity contribution in [3.8, 4) is 0 Å². The molecule has 5 heteroatoms. The fraction of sp³-hybridized carbons (Fsp3) is 0.941. The normalized spacial score (nSPS) is 27.2. The largest absolute Gasteiger partial charge is 0.379 e. The van der Waals surface area contributed by atoms with E-state index in [4.69, 9.17) is 4.74 Å². The molecule has 1 saturated carbocycles. The first-order chi connectivity index (χ1) is 10.6. The molecule has 2 fully saturated rings. The summed E-state index contributed by atoms with van der Waals surface area (Å²) in [5.41, 5.74) is 0. The molecule has 0 spiro atoms. The lowest BCUT2D eigenvalue weighted by molar-refractivity contribution is 0.0422. The average Bonchev–Trinajstić information content (AvgIpc) is 2.54.